The number of ketones is 1. The Bertz CT molecular complexity index is 2590. The number of aromatic hydroxyl groups is 2. The van der Waals surface area contributed by atoms with Gasteiger partial charge in [-0.05, 0) is 61.5 Å². The lowest BCUT2D eigenvalue weighted by atomic mass is 9.96. The van der Waals surface area contributed by atoms with E-state index in [0.717, 1.165) is 50.4 Å². The van der Waals surface area contributed by atoms with Crippen LogP contribution >= 0.6 is 11.6 Å². The second kappa shape index (κ2) is 29.0. The van der Waals surface area contributed by atoms with Crippen LogP contribution in [-0.4, -0.2) is 148 Å². The maximum Gasteiger partial charge on any atom is 0.269 e. The van der Waals surface area contributed by atoms with E-state index in [4.69, 9.17) is 36.3 Å². The number of hydrogen-bond acceptors (Lipinski definition) is 20. The zero-order valence-electron chi connectivity index (χ0n) is 42.1. The van der Waals surface area contributed by atoms with Gasteiger partial charge in [0, 0.05) is 91.9 Å². The molecule has 6 heterocycles. The highest BCUT2D eigenvalue weighted by atomic mass is 35.5. The maximum atomic E-state index is 11.4. The van der Waals surface area contributed by atoms with Gasteiger partial charge in [0.25, 0.3) is 5.91 Å². The van der Waals surface area contributed by atoms with E-state index in [-0.39, 0.29) is 32.8 Å². The van der Waals surface area contributed by atoms with Crippen LogP contribution in [0.15, 0.2) is 61.4 Å². The number of carbonyl (C=O) groups excluding carboxylic acids is 2. The average molecular weight is 1030 g/mol. The Morgan fingerprint density at radius 3 is 1.66 bits per heavy atom. The first kappa shape index (κ1) is 55.5. The number of anilines is 3. The Kier molecular flexibility index (Phi) is 22.1. The molecule has 2 saturated carbocycles. The largest absolute Gasteiger partial charge is 0.507 e. The number of hydrogen-bond donors (Lipinski definition) is 5. The van der Waals surface area contributed by atoms with Crippen molar-refractivity contribution in [2.24, 2.45) is 5.73 Å². The van der Waals surface area contributed by atoms with E-state index < -0.39 is 0 Å². The summed E-state index contributed by atoms with van der Waals surface area (Å²) in [6.07, 6.45) is 19.2. The van der Waals surface area contributed by atoms with Crippen LogP contribution in [0.25, 0.3) is 21.8 Å². The van der Waals surface area contributed by atoms with Crippen molar-refractivity contribution in [1.82, 2.24) is 45.2 Å². The van der Waals surface area contributed by atoms with Crippen LogP contribution in [0.2, 0.25) is 5.28 Å². The molecule has 0 spiro atoms. The van der Waals surface area contributed by atoms with E-state index in [1.54, 1.807) is 44.4 Å². The first-order valence-corrected chi connectivity index (χ1v) is 25.2. The number of fused-ring (bicyclic) bond motifs is 2. The van der Waals surface area contributed by atoms with Crippen molar-refractivity contribution in [3.8, 4) is 23.3 Å². The van der Waals surface area contributed by atoms with Crippen LogP contribution in [-0.2, 0) is 9.47 Å². The van der Waals surface area contributed by atoms with E-state index in [9.17, 15) is 19.8 Å². The Hall–Kier alpha value is -6.81. The van der Waals surface area contributed by atoms with E-state index in [2.05, 4.69) is 60.3 Å². The summed E-state index contributed by atoms with van der Waals surface area (Å²) in [6.45, 7) is 7.83. The standard InChI is InChI=1S/2C13H15N3O3.C12H18N4O.C7H7ClN2O.C6H13N.3H2/c2*1-18-13-12-10(14-8-15-13)6-9(7-11(12)17)16-2-4-19-5-3-16;1-13-11(17)10-7-8-14-12(16-10)15-9-5-3-2-4-6-9;1-2-6(11)5-3-4-9-7(8)10-5;7-6-4-2-1-3-5-6;;;/h2*6-8,17H,2-5H2,1H3;7-9H,2-6H2,1H3,(H,13,17)(H,14,15,16);3-4H,2H2,1H3;6H,1-5,7H2;3*1H. The molecule has 2 aliphatic carbocycles. The second-order valence-corrected chi connectivity index (χ2v) is 17.7. The molecule has 1 amide bonds. The minimum absolute atomic E-state index is 0. The predicted molar refractivity (Wildman–Crippen MR) is 287 cm³/mol. The van der Waals surface area contributed by atoms with Crippen molar-refractivity contribution < 1.29 is 43.0 Å². The summed E-state index contributed by atoms with van der Waals surface area (Å²) in [5.41, 5.74) is 9.65. The Labute approximate surface area is 435 Å². The third-order valence-corrected chi connectivity index (χ3v) is 12.6. The number of carbonyl (C=O) groups is 2. The highest BCUT2D eigenvalue weighted by Crippen LogP contribution is 2.36. The van der Waals surface area contributed by atoms with E-state index in [1.165, 1.54) is 84.4 Å². The number of Topliss-reactive ketones (excluding diaryl/α,β-unsaturated/α-hetero) is 1. The highest BCUT2D eigenvalue weighted by Gasteiger charge is 2.19. The van der Waals surface area contributed by atoms with Crippen molar-refractivity contribution in [3.05, 3.63) is 78.1 Å². The number of ether oxygens (including phenoxy) is 4. The third kappa shape index (κ3) is 16.6. The molecular formula is C51H74ClN13O8. The van der Waals surface area contributed by atoms with Gasteiger partial charge in [-0.1, -0.05) is 45.4 Å². The molecule has 6 aromatic rings. The topological polar surface area (TPSA) is 271 Å². The fourth-order valence-electron chi connectivity index (χ4n) is 8.49. The van der Waals surface area contributed by atoms with Gasteiger partial charge in [-0.3, -0.25) is 9.59 Å². The van der Waals surface area contributed by atoms with E-state index >= 15 is 0 Å². The van der Waals surface area contributed by atoms with Crippen LogP contribution in [0.1, 0.15) is 103 Å². The van der Waals surface area contributed by atoms with Crippen LogP contribution < -0.4 is 35.6 Å². The zero-order chi connectivity index (χ0) is 52.0. The second-order valence-electron chi connectivity index (χ2n) is 17.4. The lowest BCUT2D eigenvalue weighted by Crippen LogP contribution is -2.36. The number of aromatic nitrogens is 8. The first-order chi connectivity index (χ1) is 35.5. The van der Waals surface area contributed by atoms with Gasteiger partial charge in [-0.25, -0.2) is 39.9 Å². The maximum absolute atomic E-state index is 11.4. The molecule has 6 N–H and O–H groups in total. The number of benzene rings is 2. The molecule has 0 unspecified atom stereocenters. The van der Waals surface area contributed by atoms with Crippen molar-refractivity contribution in [2.45, 2.75) is 89.6 Å². The molecule has 0 radical (unpaired) electrons. The summed E-state index contributed by atoms with van der Waals surface area (Å²) in [6, 6.07) is 11.5. The molecule has 398 valence electrons. The molecule has 0 bridgehead atoms. The van der Waals surface area contributed by atoms with Gasteiger partial charge in [0.15, 0.2) is 5.78 Å². The molecule has 0 atom stereocenters. The average Bonchev–Trinajstić information content (AvgIpc) is 3.44. The summed E-state index contributed by atoms with van der Waals surface area (Å²) in [5, 5.41) is 27.4. The molecule has 73 heavy (non-hydrogen) atoms. The van der Waals surface area contributed by atoms with Crippen LogP contribution in [0.3, 0.4) is 0 Å². The summed E-state index contributed by atoms with van der Waals surface area (Å²) in [4.78, 5) is 58.9. The predicted octanol–water partition coefficient (Wildman–Crippen LogP) is 7.68. The Morgan fingerprint density at radius 1 is 0.712 bits per heavy atom. The quantitative estimate of drug-likeness (QED) is 0.0686. The minimum Gasteiger partial charge on any atom is -0.507 e. The minimum atomic E-state index is -0.181. The van der Waals surface area contributed by atoms with Gasteiger partial charge < -0.3 is 55.3 Å². The summed E-state index contributed by atoms with van der Waals surface area (Å²) < 4.78 is 20.9. The lowest BCUT2D eigenvalue weighted by molar-refractivity contribution is 0.0956. The van der Waals surface area contributed by atoms with Gasteiger partial charge in [0.05, 0.1) is 51.7 Å². The zero-order valence-corrected chi connectivity index (χ0v) is 42.9. The number of halogens is 1. The SMILES string of the molecule is CCC(=O)c1ccnc(Cl)n1.CNC(=O)c1ccnc(NC2CCCCC2)n1.COc1ncnc2cc(N3CCOCC3)cc(O)c12.COc1ncnc2cc(N3CCOCC3)cc(O)c12.NC1CCCCC1.[HH].[HH].[HH]. The van der Waals surface area contributed by atoms with Gasteiger partial charge in [-0.15, -0.1) is 0 Å². The van der Waals surface area contributed by atoms with Crippen LogP contribution in [0.4, 0.5) is 17.3 Å². The Morgan fingerprint density at radius 2 is 1.21 bits per heavy atom. The molecule has 4 aromatic heterocycles. The summed E-state index contributed by atoms with van der Waals surface area (Å²) >= 11 is 5.47. The molecule has 2 saturated heterocycles. The van der Waals surface area contributed by atoms with Crippen molar-refractivity contribution >= 4 is 62.4 Å². The number of nitrogens with two attached hydrogens (primary N) is 1. The number of phenolic OH excluding ortho intramolecular Hbond substituents is 2. The van der Waals surface area contributed by atoms with Gasteiger partial charge >= 0.3 is 0 Å². The van der Waals surface area contributed by atoms with Gasteiger partial charge in [0.1, 0.15) is 46.3 Å². The lowest BCUT2D eigenvalue weighted by Gasteiger charge is -2.29. The molecule has 4 fully saturated rings. The van der Waals surface area contributed by atoms with E-state index in [1.807, 2.05) is 12.1 Å². The fraction of sp³-hybridized carbons (Fsp3) is 0.490. The van der Waals surface area contributed by atoms with Gasteiger partial charge in [0.2, 0.25) is 23.0 Å². The number of phenols is 2. The first-order valence-electron chi connectivity index (χ1n) is 24.8. The monoisotopic (exact) mass is 1030 g/mol. The Balaban J connectivity index is 0.000000256. The van der Waals surface area contributed by atoms with Crippen molar-refractivity contribution in [3.63, 3.8) is 0 Å². The molecule has 4 aliphatic rings. The number of methoxy groups -OCH3 is 2. The molecule has 10 rings (SSSR count). The summed E-state index contributed by atoms with van der Waals surface area (Å²) in [5.74, 6) is 1.39. The molecule has 22 heteroatoms. The van der Waals surface area contributed by atoms with Gasteiger partial charge in [-0.2, -0.15) is 0 Å². The van der Waals surface area contributed by atoms with Crippen LogP contribution in [0.5, 0.6) is 23.3 Å². The normalized spacial score (nSPS) is 15.9. The number of morpholine rings is 2. The van der Waals surface area contributed by atoms with Crippen LogP contribution in [0, 0.1) is 0 Å². The molecule has 2 aliphatic heterocycles. The van der Waals surface area contributed by atoms with E-state index in [0.29, 0.717) is 95.8 Å². The fourth-order valence-corrected chi connectivity index (χ4v) is 8.64. The van der Waals surface area contributed by atoms with Crippen molar-refractivity contribution in [2.75, 3.05) is 89.0 Å². The number of rotatable bonds is 9. The number of nitrogens with one attached hydrogen (secondary N) is 2. The molecule has 21 nitrogen and oxygen atoms in total. The summed E-state index contributed by atoms with van der Waals surface area (Å²) in [7, 11) is 4.65. The number of amides is 1. The third-order valence-electron chi connectivity index (χ3n) is 12.4. The molecule has 2 aromatic carbocycles. The number of nitrogens with zero attached hydrogens (tertiary/aromatic N) is 10. The molecular weight excluding hydrogens is 958 g/mol. The smallest absolute Gasteiger partial charge is 0.269 e. The highest BCUT2D eigenvalue weighted by molar-refractivity contribution is 6.28. The van der Waals surface area contributed by atoms with Crippen molar-refractivity contribution in [1.29, 1.82) is 0 Å².